The van der Waals surface area contributed by atoms with Crippen molar-refractivity contribution in [2.75, 3.05) is 16.2 Å². The highest BCUT2D eigenvalue weighted by Gasteiger charge is 2.36. The topological polar surface area (TPSA) is 149 Å². The van der Waals surface area contributed by atoms with Crippen LogP contribution >= 0.6 is 11.3 Å². The number of nitro groups is 1. The van der Waals surface area contributed by atoms with Crippen LogP contribution in [-0.2, 0) is 26.0 Å². The molecule has 1 aliphatic heterocycles. The summed E-state index contributed by atoms with van der Waals surface area (Å²) in [5, 5.41) is 12.7. The van der Waals surface area contributed by atoms with Crippen molar-refractivity contribution in [2.45, 2.75) is 24.3 Å². The van der Waals surface area contributed by atoms with Crippen LogP contribution in [-0.4, -0.2) is 42.9 Å². The number of esters is 1. The number of thiazole rings is 1. The highest BCUT2D eigenvalue weighted by atomic mass is 32.2. The average Bonchev–Trinajstić information content (AvgIpc) is 3.41. The van der Waals surface area contributed by atoms with Gasteiger partial charge in [0.2, 0.25) is 0 Å². The molecule has 1 aliphatic rings. The number of hydrogen-bond acceptors (Lipinski definition) is 9. The lowest BCUT2D eigenvalue weighted by molar-refractivity contribution is -0.380. The van der Waals surface area contributed by atoms with E-state index < -0.39 is 33.4 Å². The molecule has 13 heteroatoms. The fraction of sp³-hybridized carbons (Fsp3) is 0.190. The number of amides is 1. The Morgan fingerprint density at radius 3 is 2.76 bits per heavy atom. The molecular weight excluding hydrogens is 484 g/mol. The Bertz CT molecular complexity index is 1390. The quantitative estimate of drug-likeness (QED) is 0.294. The van der Waals surface area contributed by atoms with Gasteiger partial charge >= 0.3 is 11.0 Å². The first-order chi connectivity index (χ1) is 16.2. The molecule has 0 spiro atoms. The molecule has 1 N–H and O–H groups in total. The number of para-hydroxylation sites is 1. The molecule has 1 atom stereocenters. The lowest BCUT2D eigenvalue weighted by atomic mass is 10.1. The summed E-state index contributed by atoms with van der Waals surface area (Å²) in [6.07, 6.45) is 1.58. The molecule has 0 fully saturated rings. The van der Waals surface area contributed by atoms with Crippen molar-refractivity contribution in [2.24, 2.45) is 0 Å². The maximum atomic E-state index is 13.4. The van der Waals surface area contributed by atoms with Gasteiger partial charge in [-0.15, -0.1) is 0 Å². The first-order valence-electron chi connectivity index (χ1n) is 9.96. The predicted molar refractivity (Wildman–Crippen MR) is 123 cm³/mol. The summed E-state index contributed by atoms with van der Waals surface area (Å²) >= 11 is 0.658. The number of anilines is 2. The number of sulfonamides is 1. The summed E-state index contributed by atoms with van der Waals surface area (Å²) in [4.78, 5) is 38.1. The maximum absolute atomic E-state index is 13.4. The van der Waals surface area contributed by atoms with Gasteiger partial charge in [-0.2, -0.15) is 0 Å². The van der Waals surface area contributed by atoms with Gasteiger partial charge in [0.25, 0.3) is 15.9 Å². The number of aromatic nitrogens is 1. The first kappa shape index (κ1) is 23.3. The molecule has 1 aromatic heterocycles. The fourth-order valence-electron chi connectivity index (χ4n) is 3.58. The number of rotatable bonds is 7. The third-order valence-electron chi connectivity index (χ3n) is 5.03. The summed E-state index contributed by atoms with van der Waals surface area (Å²) < 4.78 is 33.0. The van der Waals surface area contributed by atoms with E-state index >= 15 is 0 Å². The van der Waals surface area contributed by atoms with Crippen LogP contribution in [0.1, 0.15) is 22.8 Å². The summed E-state index contributed by atoms with van der Waals surface area (Å²) in [5.74, 6) is -1.64. The number of hydrogen-bond donors (Lipinski definition) is 1. The highest BCUT2D eigenvalue weighted by Crippen LogP contribution is 2.36. The number of nitrogens with zero attached hydrogens (tertiary/aromatic N) is 3. The monoisotopic (exact) mass is 502 g/mol. The molecule has 0 aliphatic carbocycles. The number of benzene rings is 2. The van der Waals surface area contributed by atoms with Gasteiger partial charge in [-0.3, -0.25) is 24.5 Å². The second kappa shape index (κ2) is 9.19. The van der Waals surface area contributed by atoms with Crippen molar-refractivity contribution < 1.29 is 27.7 Å². The minimum absolute atomic E-state index is 0.0131. The maximum Gasteiger partial charge on any atom is 0.345 e. The Labute approximate surface area is 198 Å². The smallest absolute Gasteiger partial charge is 0.345 e. The summed E-state index contributed by atoms with van der Waals surface area (Å²) in [6, 6.07) is 12.3. The largest absolute Gasteiger partial charge is 0.452 e. The van der Waals surface area contributed by atoms with Crippen LogP contribution in [0.2, 0.25) is 0 Å². The van der Waals surface area contributed by atoms with Gasteiger partial charge in [-0.1, -0.05) is 24.3 Å². The summed E-state index contributed by atoms with van der Waals surface area (Å²) in [7, 11) is -3.95. The first-order valence-corrected chi connectivity index (χ1v) is 12.2. The van der Waals surface area contributed by atoms with E-state index in [4.69, 9.17) is 4.74 Å². The highest BCUT2D eigenvalue weighted by molar-refractivity contribution is 7.92. The molecule has 3 aromatic rings. The molecule has 1 amide bonds. The van der Waals surface area contributed by atoms with E-state index in [2.05, 4.69) is 10.3 Å². The molecule has 34 heavy (non-hydrogen) atoms. The van der Waals surface area contributed by atoms with Gasteiger partial charge in [-0.25, -0.2) is 18.2 Å². The molecule has 2 heterocycles. The van der Waals surface area contributed by atoms with Crippen LogP contribution in [0.15, 0.2) is 59.6 Å². The Hall–Kier alpha value is -3.84. The zero-order chi connectivity index (χ0) is 24.5. The molecular formula is C21H18N4O7S2. The minimum atomic E-state index is -3.95. The van der Waals surface area contributed by atoms with Crippen LogP contribution in [0.5, 0.6) is 0 Å². The van der Waals surface area contributed by atoms with Crippen molar-refractivity contribution >= 4 is 49.1 Å². The van der Waals surface area contributed by atoms with Crippen molar-refractivity contribution in [1.29, 1.82) is 0 Å². The van der Waals surface area contributed by atoms with Crippen molar-refractivity contribution in [1.82, 2.24) is 4.98 Å². The lowest BCUT2D eigenvalue weighted by Crippen LogP contribution is -2.35. The number of carbonyl (C=O) groups excluding carboxylic acids is 2. The Kier molecular flexibility index (Phi) is 6.30. The number of ether oxygens (including phenoxy) is 1. The molecule has 0 radical (unpaired) electrons. The van der Waals surface area contributed by atoms with Gasteiger partial charge in [0.15, 0.2) is 11.7 Å². The SMILES string of the molecule is CC1Cc2ccccc2N1S(=O)(=O)c1cccc(C(=O)OCC(=O)Nc2ncc([N+](=O)[O-])s2)c1. The standard InChI is InChI=1S/C21H18N4O7S2/c1-13-9-14-5-2-3-8-17(14)24(13)34(30,31)16-7-4-6-15(10-16)20(27)32-12-18(26)23-21-22-11-19(33-21)25(28)29/h2-8,10-11,13H,9,12H2,1H3,(H,22,23,26). The average molecular weight is 503 g/mol. The molecule has 0 saturated heterocycles. The van der Waals surface area contributed by atoms with Crippen LogP contribution in [0.3, 0.4) is 0 Å². The molecule has 11 nitrogen and oxygen atoms in total. The summed E-state index contributed by atoms with van der Waals surface area (Å²) in [5.41, 5.74) is 1.48. The van der Waals surface area contributed by atoms with Crippen molar-refractivity contribution in [3.8, 4) is 0 Å². The van der Waals surface area contributed by atoms with Gasteiger partial charge in [0.1, 0.15) is 6.20 Å². The Morgan fingerprint density at radius 2 is 2.03 bits per heavy atom. The molecule has 4 rings (SSSR count). The van der Waals surface area contributed by atoms with E-state index in [0.29, 0.717) is 23.4 Å². The molecule has 176 valence electrons. The van der Waals surface area contributed by atoms with E-state index in [9.17, 15) is 28.1 Å². The molecule has 0 saturated carbocycles. The number of nitrogens with one attached hydrogen (secondary N) is 1. The Balaban J connectivity index is 1.45. The van der Waals surface area contributed by atoms with Crippen LogP contribution in [0.4, 0.5) is 15.8 Å². The third kappa shape index (κ3) is 4.61. The van der Waals surface area contributed by atoms with E-state index in [0.717, 1.165) is 11.8 Å². The zero-order valence-corrected chi connectivity index (χ0v) is 19.3. The molecule has 1 unspecified atom stereocenters. The second-order valence-corrected chi connectivity index (χ2v) is 10.2. The van der Waals surface area contributed by atoms with Crippen molar-refractivity contribution in [3.63, 3.8) is 0 Å². The van der Waals surface area contributed by atoms with Gasteiger partial charge in [0.05, 0.1) is 21.1 Å². The van der Waals surface area contributed by atoms with Crippen molar-refractivity contribution in [3.05, 3.63) is 76.0 Å². The second-order valence-electron chi connectivity index (χ2n) is 7.40. The van der Waals surface area contributed by atoms with Crippen LogP contribution in [0.25, 0.3) is 0 Å². The normalized spacial score (nSPS) is 15.0. The van der Waals surface area contributed by atoms with Gasteiger partial charge < -0.3 is 4.74 Å². The molecule has 2 aromatic carbocycles. The summed E-state index contributed by atoms with van der Waals surface area (Å²) in [6.45, 7) is 1.13. The predicted octanol–water partition coefficient (Wildman–Crippen LogP) is 2.99. The Morgan fingerprint density at radius 1 is 1.26 bits per heavy atom. The van der Waals surface area contributed by atoms with Gasteiger partial charge in [-0.05, 0) is 54.5 Å². The fourth-order valence-corrected chi connectivity index (χ4v) is 5.97. The lowest BCUT2D eigenvalue weighted by Gasteiger charge is -2.24. The third-order valence-corrected chi connectivity index (χ3v) is 7.81. The van der Waals surface area contributed by atoms with Crippen LogP contribution < -0.4 is 9.62 Å². The van der Waals surface area contributed by atoms with Gasteiger partial charge in [0, 0.05) is 6.04 Å². The van der Waals surface area contributed by atoms with E-state index in [1.807, 2.05) is 19.1 Å². The van der Waals surface area contributed by atoms with E-state index in [1.54, 1.807) is 12.1 Å². The number of fused-ring (bicyclic) bond motifs is 1. The van der Waals surface area contributed by atoms with E-state index in [-0.39, 0.29) is 26.6 Å². The van der Waals surface area contributed by atoms with E-state index in [1.165, 1.54) is 28.6 Å². The zero-order valence-electron chi connectivity index (χ0n) is 17.7. The number of carbonyl (C=O) groups is 2. The van der Waals surface area contributed by atoms with Crippen LogP contribution in [0, 0.1) is 10.1 Å². The minimum Gasteiger partial charge on any atom is -0.452 e. The molecule has 0 bridgehead atoms.